The van der Waals surface area contributed by atoms with Crippen LogP contribution in [-0.4, -0.2) is 0 Å². The van der Waals surface area contributed by atoms with Crippen LogP contribution in [0.5, 0.6) is 0 Å². The van der Waals surface area contributed by atoms with Gasteiger partial charge in [-0.15, -0.1) is 0 Å². The molecule has 14 heavy (non-hydrogen) atoms. The van der Waals surface area contributed by atoms with E-state index >= 15 is 0 Å². The highest BCUT2D eigenvalue weighted by atomic mass is 35.5. The summed E-state index contributed by atoms with van der Waals surface area (Å²) in [5.74, 6) is -0.169. The van der Waals surface area contributed by atoms with Gasteiger partial charge in [-0.25, -0.2) is 4.39 Å². The van der Waals surface area contributed by atoms with E-state index in [-0.39, 0.29) is 5.83 Å². The Morgan fingerprint density at radius 3 is 2.50 bits per heavy atom. The van der Waals surface area contributed by atoms with E-state index in [2.05, 4.69) is 0 Å². The largest absolute Gasteiger partial charge is 0.207 e. The number of allylic oxidation sites excluding steroid dienone is 4. The molecule has 0 fully saturated rings. The third-order valence-corrected chi connectivity index (χ3v) is 2.37. The van der Waals surface area contributed by atoms with Gasteiger partial charge in [0, 0.05) is 5.02 Å². The SMILES string of the molecule is FC1=CC[CH]C(c2ccc(Cl)cc2)=C1. The van der Waals surface area contributed by atoms with E-state index in [1.54, 1.807) is 6.08 Å². The van der Waals surface area contributed by atoms with Crippen molar-refractivity contribution in [3.8, 4) is 0 Å². The second kappa shape index (κ2) is 3.97. The fourth-order valence-corrected chi connectivity index (χ4v) is 1.53. The number of benzene rings is 1. The summed E-state index contributed by atoms with van der Waals surface area (Å²) in [4.78, 5) is 0. The lowest BCUT2D eigenvalue weighted by molar-refractivity contribution is 0.660. The molecule has 0 amide bonds. The van der Waals surface area contributed by atoms with E-state index in [4.69, 9.17) is 11.6 Å². The minimum Gasteiger partial charge on any atom is -0.207 e. The molecule has 0 N–H and O–H groups in total. The highest BCUT2D eigenvalue weighted by Gasteiger charge is 2.07. The van der Waals surface area contributed by atoms with Gasteiger partial charge in [-0.3, -0.25) is 0 Å². The monoisotopic (exact) mass is 207 g/mol. The lowest BCUT2D eigenvalue weighted by atomic mass is 9.97. The van der Waals surface area contributed by atoms with Gasteiger partial charge >= 0.3 is 0 Å². The molecule has 0 saturated heterocycles. The van der Waals surface area contributed by atoms with Gasteiger partial charge < -0.3 is 0 Å². The van der Waals surface area contributed by atoms with Crippen LogP contribution >= 0.6 is 11.6 Å². The zero-order valence-corrected chi connectivity index (χ0v) is 8.26. The molecule has 1 aromatic carbocycles. The van der Waals surface area contributed by atoms with Crippen molar-refractivity contribution >= 4 is 17.2 Å². The molecule has 1 aliphatic rings. The van der Waals surface area contributed by atoms with Crippen molar-refractivity contribution in [3.05, 3.63) is 59.3 Å². The van der Waals surface area contributed by atoms with Crippen molar-refractivity contribution in [2.45, 2.75) is 6.42 Å². The Hall–Kier alpha value is -1.08. The summed E-state index contributed by atoms with van der Waals surface area (Å²) in [7, 11) is 0. The average molecular weight is 208 g/mol. The quantitative estimate of drug-likeness (QED) is 0.648. The molecule has 0 spiro atoms. The normalized spacial score (nSPS) is 16.1. The lowest BCUT2D eigenvalue weighted by Gasteiger charge is -2.09. The van der Waals surface area contributed by atoms with Crippen molar-refractivity contribution in [1.82, 2.24) is 0 Å². The number of halogens is 2. The molecule has 1 radical (unpaired) electrons. The molecular formula is C12H9ClF. The Balaban J connectivity index is 2.31. The van der Waals surface area contributed by atoms with Crippen molar-refractivity contribution < 1.29 is 4.39 Å². The van der Waals surface area contributed by atoms with Gasteiger partial charge in [0.2, 0.25) is 0 Å². The first kappa shape index (κ1) is 9.47. The molecule has 2 rings (SSSR count). The van der Waals surface area contributed by atoms with Crippen molar-refractivity contribution in [2.24, 2.45) is 0 Å². The van der Waals surface area contributed by atoms with Crippen LogP contribution in [0.15, 0.2) is 42.2 Å². The van der Waals surface area contributed by atoms with Crippen LogP contribution in [0.4, 0.5) is 4.39 Å². The van der Waals surface area contributed by atoms with Gasteiger partial charge in [-0.05, 0) is 48.3 Å². The average Bonchev–Trinajstić information content (AvgIpc) is 2.19. The topological polar surface area (TPSA) is 0 Å². The first-order valence-corrected chi connectivity index (χ1v) is 4.80. The second-order valence-corrected chi connectivity index (χ2v) is 3.57. The van der Waals surface area contributed by atoms with Crippen LogP contribution < -0.4 is 0 Å². The highest BCUT2D eigenvalue weighted by Crippen LogP contribution is 2.26. The van der Waals surface area contributed by atoms with E-state index in [1.807, 2.05) is 30.7 Å². The summed E-state index contributed by atoms with van der Waals surface area (Å²) in [6, 6.07) is 7.40. The van der Waals surface area contributed by atoms with Crippen molar-refractivity contribution in [1.29, 1.82) is 0 Å². The van der Waals surface area contributed by atoms with Crippen LogP contribution in [0.3, 0.4) is 0 Å². The lowest BCUT2D eigenvalue weighted by Crippen LogP contribution is -1.90. The maximum Gasteiger partial charge on any atom is 0.119 e. The van der Waals surface area contributed by atoms with Crippen LogP contribution in [0.2, 0.25) is 5.02 Å². The Kier molecular flexibility index (Phi) is 2.69. The van der Waals surface area contributed by atoms with E-state index in [1.165, 1.54) is 6.08 Å². The number of rotatable bonds is 1. The zero-order chi connectivity index (χ0) is 9.97. The van der Waals surface area contributed by atoms with Crippen molar-refractivity contribution in [3.63, 3.8) is 0 Å². The number of hydrogen-bond acceptors (Lipinski definition) is 0. The number of hydrogen-bond donors (Lipinski definition) is 0. The molecule has 0 bridgehead atoms. The van der Waals surface area contributed by atoms with Gasteiger partial charge in [0.05, 0.1) is 0 Å². The molecule has 0 heterocycles. The van der Waals surface area contributed by atoms with Crippen LogP contribution in [-0.2, 0) is 0 Å². The predicted molar refractivity (Wildman–Crippen MR) is 57.5 cm³/mol. The maximum absolute atomic E-state index is 12.9. The first-order chi connectivity index (χ1) is 6.75. The van der Waals surface area contributed by atoms with Gasteiger partial charge in [-0.1, -0.05) is 23.7 Å². The predicted octanol–water partition coefficient (Wildman–Crippen LogP) is 4.18. The molecule has 2 heteroatoms. The summed E-state index contributed by atoms with van der Waals surface area (Å²) in [6.07, 6.45) is 5.73. The fourth-order valence-electron chi connectivity index (χ4n) is 1.41. The van der Waals surface area contributed by atoms with Crippen LogP contribution in [0, 0.1) is 6.42 Å². The third-order valence-electron chi connectivity index (χ3n) is 2.12. The van der Waals surface area contributed by atoms with Gasteiger partial charge in [0.1, 0.15) is 5.83 Å². The minimum atomic E-state index is -0.169. The molecule has 0 unspecified atom stereocenters. The maximum atomic E-state index is 12.9. The molecule has 1 aliphatic carbocycles. The summed E-state index contributed by atoms with van der Waals surface area (Å²) in [6.45, 7) is 0. The van der Waals surface area contributed by atoms with Crippen molar-refractivity contribution in [2.75, 3.05) is 0 Å². The highest BCUT2D eigenvalue weighted by molar-refractivity contribution is 6.30. The third kappa shape index (κ3) is 2.05. The standard InChI is InChI=1S/C12H9ClF/c13-11-6-4-9(5-7-11)10-2-1-3-12(14)8-10/h2-8H,1H2. The van der Waals surface area contributed by atoms with Crippen LogP contribution in [0.25, 0.3) is 5.57 Å². The smallest absolute Gasteiger partial charge is 0.119 e. The zero-order valence-electron chi connectivity index (χ0n) is 7.50. The van der Waals surface area contributed by atoms with Crippen LogP contribution in [0.1, 0.15) is 12.0 Å². The molecule has 71 valence electrons. The van der Waals surface area contributed by atoms with E-state index in [0.717, 1.165) is 11.1 Å². The summed E-state index contributed by atoms with van der Waals surface area (Å²) >= 11 is 5.76. The molecule has 0 saturated carbocycles. The minimum absolute atomic E-state index is 0.169. The molecule has 0 nitrogen and oxygen atoms in total. The van der Waals surface area contributed by atoms with Gasteiger partial charge in [-0.2, -0.15) is 0 Å². The fraction of sp³-hybridized carbons (Fsp3) is 0.0833. The van der Waals surface area contributed by atoms with E-state index in [9.17, 15) is 4.39 Å². The summed E-state index contributed by atoms with van der Waals surface area (Å²) < 4.78 is 12.9. The Labute approximate surface area is 87.7 Å². The molecule has 0 aliphatic heterocycles. The summed E-state index contributed by atoms with van der Waals surface area (Å²) in [5.41, 5.74) is 1.92. The Morgan fingerprint density at radius 1 is 1.14 bits per heavy atom. The molecule has 0 atom stereocenters. The van der Waals surface area contributed by atoms with Gasteiger partial charge in [0.25, 0.3) is 0 Å². The van der Waals surface area contributed by atoms with Gasteiger partial charge in [0.15, 0.2) is 0 Å². The second-order valence-electron chi connectivity index (χ2n) is 3.14. The molecule has 1 aromatic rings. The molecular weight excluding hydrogens is 199 g/mol. The Bertz CT molecular complexity index is 387. The Morgan fingerprint density at radius 2 is 1.86 bits per heavy atom. The first-order valence-electron chi connectivity index (χ1n) is 4.42. The van der Waals surface area contributed by atoms with E-state index < -0.39 is 0 Å². The summed E-state index contributed by atoms with van der Waals surface area (Å²) in [5, 5.41) is 0.696. The van der Waals surface area contributed by atoms with E-state index in [0.29, 0.717) is 11.4 Å². The molecule has 0 aromatic heterocycles.